The Morgan fingerprint density at radius 2 is 1.69 bits per heavy atom. The molecular weight excluding hydrogens is 177 g/mol. The molecular formula is C10H19F3. The van der Waals surface area contributed by atoms with Gasteiger partial charge in [0.2, 0.25) is 0 Å². The molecule has 0 saturated carbocycles. The molecule has 3 heteroatoms. The smallest absolute Gasteiger partial charge is 0.171 e. The van der Waals surface area contributed by atoms with Gasteiger partial charge in [0.1, 0.15) is 0 Å². The van der Waals surface area contributed by atoms with E-state index < -0.39 is 12.6 Å². The molecule has 0 aliphatic heterocycles. The fourth-order valence-corrected chi connectivity index (χ4v) is 0.377. The van der Waals surface area contributed by atoms with E-state index in [0.29, 0.717) is 12.3 Å². The van der Waals surface area contributed by atoms with E-state index in [0.717, 1.165) is 0 Å². The summed E-state index contributed by atoms with van der Waals surface area (Å²) in [5.41, 5.74) is 0. The van der Waals surface area contributed by atoms with Gasteiger partial charge in [-0.15, -0.1) is 6.58 Å². The SMILES string of the molecule is C=CC(C)C.CCCCC(F)(F)F. The number of alkyl halides is 3. The van der Waals surface area contributed by atoms with E-state index in [-0.39, 0.29) is 6.42 Å². The van der Waals surface area contributed by atoms with Crippen molar-refractivity contribution >= 4 is 0 Å². The second-order valence-electron chi connectivity index (χ2n) is 3.20. The first-order valence-electron chi connectivity index (χ1n) is 4.52. The van der Waals surface area contributed by atoms with E-state index in [1.165, 1.54) is 0 Å². The Kier molecular flexibility index (Phi) is 9.41. The molecule has 0 aromatic carbocycles. The van der Waals surface area contributed by atoms with Crippen molar-refractivity contribution in [3.05, 3.63) is 12.7 Å². The highest BCUT2D eigenvalue weighted by molar-refractivity contribution is 4.69. The summed E-state index contributed by atoms with van der Waals surface area (Å²) in [5.74, 6) is 0.648. The molecule has 0 aliphatic carbocycles. The third-order valence-corrected chi connectivity index (χ3v) is 1.29. The monoisotopic (exact) mass is 196 g/mol. The zero-order chi connectivity index (χ0) is 10.9. The van der Waals surface area contributed by atoms with Gasteiger partial charge < -0.3 is 0 Å². The van der Waals surface area contributed by atoms with Crippen LogP contribution in [0.2, 0.25) is 0 Å². The maximum atomic E-state index is 11.2. The van der Waals surface area contributed by atoms with E-state index in [4.69, 9.17) is 0 Å². The summed E-state index contributed by atoms with van der Waals surface area (Å²) in [7, 11) is 0. The topological polar surface area (TPSA) is 0 Å². The Labute approximate surface area is 78.8 Å². The molecule has 0 fully saturated rings. The zero-order valence-electron chi connectivity index (χ0n) is 8.62. The van der Waals surface area contributed by atoms with Crippen molar-refractivity contribution in [1.82, 2.24) is 0 Å². The highest BCUT2D eigenvalue weighted by Gasteiger charge is 2.25. The maximum Gasteiger partial charge on any atom is 0.389 e. The summed E-state index contributed by atoms with van der Waals surface area (Å²) >= 11 is 0. The van der Waals surface area contributed by atoms with Gasteiger partial charge in [-0.3, -0.25) is 0 Å². The van der Waals surface area contributed by atoms with E-state index in [9.17, 15) is 13.2 Å². The van der Waals surface area contributed by atoms with Gasteiger partial charge in [0.05, 0.1) is 0 Å². The van der Waals surface area contributed by atoms with E-state index >= 15 is 0 Å². The predicted molar refractivity (Wildman–Crippen MR) is 50.6 cm³/mol. The van der Waals surface area contributed by atoms with E-state index in [2.05, 4.69) is 20.4 Å². The van der Waals surface area contributed by atoms with E-state index in [1.54, 1.807) is 6.92 Å². The molecule has 80 valence electrons. The molecule has 0 bridgehead atoms. The highest BCUT2D eigenvalue weighted by atomic mass is 19.4. The number of halogens is 3. The lowest BCUT2D eigenvalue weighted by Gasteiger charge is -2.02. The van der Waals surface area contributed by atoms with Crippen molar-refractivity contribution in [3.63, 3.8) is 0 Å². The van der Waals surface area contributed by atoms with Crippen molar-refractivity contribution in [2.75, 3.05) is 0 Å². The highest BCUT2D eigenvalue weighted by Crippen LogP contribution is 2.21. The van der Waals surface area contributed by atoms with E-state index in [1.807, 2.05) is 6.08 Å². The third kappa shape index (κ3) is 24.6. The van der Waals surface area contributed by atoms with Gasteiger partial charge >= 0.3 is 6.18 Å². The van der Waals surface area contributed by atoms with Gasteiger partial charge in [-0.05, 0) is 12.3 Å². The van der Waals surface area contributed by atoms with Gasteiger partial charge in [-0.25, -0.2) is 0 Å². The lowest BCUT2D eigenvalue weighted by molar-refractivity contribution is -0.135. The van der Waals surface area contributed by atoms with Crippen LogP contribution in [0.4, 0.5) is 13.2 Å². The summed E-state index contributed by atoms with van der Waals surface area (Å²) in [6.07, 6.45) is -1.80. The van der Waals surface area contributed by atoms with Crippen LogP contribution in [0.15, 0.2) is 12.7 Å². The van der Waals surface area contributed by atoms with Crippen LogP contribution < -0.4 is 0 Å². The average molecular weight is 196 g/mol. The molecule has 0 heterocycles. The molecule has 0 aliphatic rings. The Hall–Kier alpha value is -0.470. The van der Waals surface area contributed by atoms with Crippen LogP contribution in [-0.2, 0) is 0 Å². The maximum absolute atomic E-state index is 11.2. The molecule has 0 N–H and O–H groups in total. The quantitative estimate of drug-likeness (QED) is 0.580. The van der Waals surface area contributed by atoms with Gasteiger partial charge in [0.25, 0.3) is 0 Å². The second kappa shape index (κ2) is 8.14. The lowest BCUT2D eigenvalue weighted by Crippen LogP contribution is -2.05. The molecule has 0 radical (unpaired) electrons. The van der Waals surface area contributed by atoms with Crippen molar-refractivity contribution in [2.24, 2.45) is 5.92 Å². The minimum absolute atomic E-state index is 0.253. The molecule has 0 saturated heterocycles. The molecule has 0 atom stereocenters. The van der Waals surface area contributed by atoms with Gasteiger partial charge in [-0.2, -0.15) is 13.2 Å². The number of hydrogen-bond acceptors (Lipinski definition) is 0. The number of hydrogen-bond donors (Lipinski definition) is 0. The summed E-state index contributed by atoms with van der Waals surface area (Å²) < 4.78 is 33.7. The van der Waals surface area contributed by atoms with Crippen LogP contribution >= 0.6 is 0 Å². The van der Waals surface area contributed by atoms with Crippen LogP contribution in [0.3, 0.4) is 0 Å². The summed E-state index contributed by atoms with van der Waals surface area (Å²) in [6, 6.07) is 0. The largest absolute Gasteiger partial charge is 0.389 e. The molecule has 0 amide bonds. The summed E-state index contributed by atoms with van der Waals surface area (Å²) in [5, 5.41) is 0. The minimum atomic E-state index is -3.95. The van der Waals surface area contributed by atoms with Crippen molar-refractivity contribution < 1.29 is 13.2 Å². The first kappa shape index (κ1) is 15.0. The average Bonchev–Trinajstić information content (AvgIpc) is 2.00. The standard InChI is InChI=1S/C5H9F3.C5H10/c1-2-3-4-5(6,7)8;1-4-5(2)3/h2-4H2,1H3;4-5H,1H2,2-3H3. The molecule has 0 unspecified atom stereocenters. The zero-order valence-corrected chi connectivity index (χ0v) is 8.62. The number of allylic oxidation sites excluding steroid dienone is 1. The fourth-order valence-electron chi connectivity index (χ4n) is 0.377. The second-order valence-corrected chi connectivity index (χ2v) is 3.20. The van der Waals surface area contributed by atoms with Gasteiger partial charge in [-0.1, -0.05) is 33.3 Å². The number of rotatable bonds is 3. The first-order chi connectivity index (χ1) is 5.83. The van der Waals surface area contributed by atoms with Crippen molar-refractivity contribution in [2.45, 2.75) is 46.2 Å². The van der Waals surface area contributed by atoms with Crippen molar-refractivity contribution in [1.29, 1.82) is 0 Å². The van der Waals surface area contributed by atoms with Crippen LogP contribution in [0.5, 0.6) is 0 Å². The molecule has 13 heavy (non-hydrogen) atoms. The normalized spacial score (nSPS) is 10.7. The van der Waals surface area contributed by atoms with Gasteiger partial charge in [0.15, 0.2) is 0 Å². The van der Waals surface area contributed by atoms with Crippen LogP contribution in [0.25, 0.3) is 0 Å². The third-order valence-electron chi connectivity index (χ3n) is 1.29. The van der Waals surface area contributed by atoms with Crippen LogP contribution in [0.1, 0.15) is 40.0 Å². The Morgan fingerprint density at radius 3 is 1.77 bits per heavy atom. The molecule has 0 aromatic rings. The Bertz CT molecular complexity index is 114. The summed E-state index contributed by atoms with van der Waals surface area (Å²) in [4.78, 5) is 0. The van der Waals surface area contributed by atoms with Crippen LogP contribution in [0, 0.1) is 5.92 Å². The minimum Gasteiger partial charge on any atom is -0.171 e. The molecule has 0 nitrogen and oxygen atoms in total. The van der Waals surface area contributed by atoms with Crippen LogP contribution in [-0.4, -0.2) is 6.18 Å². The van der Waals surface area contributed by atoms with Crippen molar-refractivity contribution in [3.8, 4) is 0 Å². The Balaban J connectivity index is 0. The Morgan fingerprint density at radius 1 is 1.31 bits per heavy atom. The molecule has 0 spiro atoms. The first-order valence-corrected chi connectivity index (χ1v) is 4.52. The summed E-state index contributed by atoms with van der Waals surface area (Å²) in [6.45, 7) is 9.51. The lowest BCUT2D eigenvalue weighted by atomic mass is 10.2. The molecule has 0 rings (SSSR count). The molecule has 0 aromatic heterocycles. The van der Waals surface area contributed by atoms with Gasteiger partial charge in [0, 0.05) is 6.42 Å². The number of unbranched alkanes of at least 4 members (excludes halogenated alkanes) is 1. The fraction of sp³-hybridized carbons (Fsp3) is 0.800. The predicted octanol–water partition coefficient (Wildman–Crippen LogP) is 4.57.